The summed E-state index contributed by atoms with van der Waals surface area (Å²) < 4.78 is 20.2. The Morgan fingerprint density at radius 1 is 1.05 bits per heavy atom. The van der Waals surface area contributed by atoms with Crippen molar-refractivity contribution in [3.8, 4) is 11.5 Å². The van der Waals surface area contributed by atoms with E-state index in [2.05, 4.69) is 36.9 Å². The molecule has 0 unspecified atom stereocenters. The van der Waals surface area contributed by atoms with Crippen LogP contribution in [-0.4, -0.2) is 30.4 Å². The van der Waals surface area contributed by atoms with Crippen LogP contribution < -0.4 is 24.4 Å². The number of hydrogen-bond donors (Lipinski definition) is 0. The molecule has 4 rings (SSSR count). The van der Waals surface area contributed by atoms with Crippen molar-refractivity contribution in [3.63, 3.8) is 0 Å². The van der Waals surface area contributed by atoms with Crippen molar-refractivity contribution in [2.75, 3.05) is 19.8 Å². The predicted octanol–water partition coefficient (Wildman–Crippen LogP) is 5.12. The van der Waals surface area contributed by atoms with Crippen LogP contribution in [0, 0.1) is 0 Å². The molecule has 0 radical (unpaired) electrons. The summed E-state index contributed by atoms with van der Waals surface area (Å²) in [6.45, 7) is 8.65. The maximum atomic E-state index is 13.8. The molecular formula is C27H26Br2N2O5S. The minimum atomic E-state index is -0.674. The average molecular weight is 650 g/mol. The van der Waals surface area contributed by atoms with Crippen LogP contribution in [0.4, 0.5) is 0 Å². The molecule has 37 heavy (non-hydrogen) atoms. The number of thiazole rings is 1. The number of fused-ring (bicyclic) bond motifs is 1. The van der Waals surface area contributed by atoms with E-state index in [4.69, 9.17) is 14.2 Å². The summed E-state index contributed by atoms with van der Waals surface area (Å²) in [4.78, 5) is 32.0. The molecule has 0 spiro atoms. The standard InChI is InChI=1S/C27H26Br2N2O5S/c1-5-34-18-10-8-17(9-11-18)23-22(26(33)36-7-3)15(4)30-27-31(23)25(32)21(37-27)14-16-12-19(28)24(35-6-2)20(29)13-16/h8-14,23H,5-7H2,1-4H3/b21-14-/t23-/m1/s1. The number of esters is 1. The van der Waals surface area contributed by atoms with Crippen LogP contribution in [0.3, 0.4) is 0 Å². The van der Waals surface area contributed by atoms with Crippen LogP contribution in [0.15, 0.2) is 66.4 Å². The lowest BCUT2D eigenvalue weighted by Gasteiger charge is -2.24. The highest BCUT2D eigenvalue weighted by atomic mass is 79.9. The van der Waals surface area contributed by atoms with Gasteiger partial charge in [0.1, 0.15) is 11.5 Å². The second-order valence-corrected chi connectivity index (χ2v) is 10.8. The molecular weight excluding hydrogens is 624 g/mol. The molecule has 10 heteroatoms. The topological polar surface area (TPSA) is 79.1 Å². The normalized spacial score (nSPS) is 15.3. The largest absolute Gasteiger partial charge is 0.494 e. The second kappa shape index (κ2) is 11.8. The predicted molar refractivity (Wildman–Crippen MR) is 151 cm³/mol. The average Bonchev–Trinajstić information content (AvgIpc) is 3.15. The summed E-state index contributed by atoms with van der Waals surface area (Å²) in [7, 11) is 0. The SMILES string of the molecule is CCOC(=O)C1=C(C)N=c2s/c(=C\c3cc(Br)c(OCC)c(Br)c3)c(=O)n2[C@@H]1c1ccc(OCC)cc1. The van der Waals surface area contributed by atoms with E-state index >= 15 is 0 Å². The van der Waals surface area contributed by atoms with E-state index < -0.39 is 12.0 Å². The smallest absolute Gasteiger partial charge is 0.338 e. The van der Waals surface area contributed by atoms with Crippen LogP contribution in [-0.2, 0) is 9.53 Å². The number of aromatic nitrogens is 1. The summed E-state index contributed by atoms with van der Waals surface area (Å²) in [5.74, 6) is 0.922. The van der Waals surface area contributed by atoms with Gasteiger partial charge in [-0.3, -0.25) is 9.36 Å². The van der Waals surface area contributed by atoms with E-state index in [1.54, 1.807) is 18.4 Å². The first-order valence-electron chi connectivity index (χ1n) is 11.8. The molecule has 0 aliphatic carbocycles. The molecule has 0 fully saturated rings. The Kier molecular flexibility index (Phi) is 8.71. The maximum absolute atomic E-state index is 13.8. The van der Waals surface area contributed by atoms with Gasteiger partial charge in [-0.1, -0.05) is 23.5 Å². The monoisotopic (exact) mass is 648 g/mol. The van der Waals surface area contributed by atoms with Gasteiger partial charge >= 0.3 is 5.97 Å². The molecule has 2 heterocycles. The zero-order chi connectivity index (χ0) is 26.7. The van der Waals surface area contributed by atoms with Crippen molar-refractivity contribution in [3.05, 3.63) is 87.4 Å². The number of rotatable bonds is 8. The highest BCUT2D eigenvalue weighted by Gasteiger charge is 2.33. The summed E-state index contributed by atoms with van der Waals surface area (Å²) in [5.41, 5.74) is 2.21. The second-order valence-electron chi connectivity index (χ2n) is 8.05. The fourth-order valence-electron chi connectivity index (χ4n) is 4.12. The van der Waals surface area contributed by atoms with Gasteiger partial charge in [0.25, 0.3) is 5.56 Å². The molecule has 1 aromatic heterocycles. The highest BCUT2D eigenvalue weighted by Crippen LogP contribution is 2.35. The lowest BCUT2D eigenvalue weighted by Crippen LogP contribution is -2.39. The molecule has 2 aromatic carbocycles. The highest BCUT2D eigenvalue weighted by molar-refractivity contribution is 9.11. The van der Waals surface area contributed by atoms with Crippen molar-refractivity contribution < 1.29 is 19.0 Å². The van der Waals surface area contributed by atoms with E-state index in [1.807, 2.05) is 56.3 Å². The zero-order valence-electron chi connectivity index (χ0n) is 20.8. The maximum Gasteiger partial charge on any atom is 0.338 e. The van der Waals surface area contributed by atoms with Crippen molar-refractivity contribution in [2.45, 2.75) is 33.7 Å². The van der Waals surface area contributed by atoms with Crippen LogP contribution >= 0.6 is 43.2 Å². The van der Waals surface area contributed by atoms with E-state index in [0.29, 0.717) is 45.3 Å². The van der Waals surface area contributed by atoms with Crippen LogP contribution in [0.5, 0.6) is 11.5 Å². The van der Waals surface area contributed by atoms with E-state index in [1.165, 1.54) is 11.3 Å². The molecule has 0 N–H and O–H groups in total. The minimum Gasteiger partial charge on any atom is -0.494 e. The van der Waals surface area contributed by atoms with Crippen molar-refractivity contribution in [2.24, 2.45) is 4.99 Å². The Balaban J connectivity index is 1.89. The Morgan fingerprint density at radius 3 is 2.30 bits per heavy atom. The van der Waals surface area contributed by atoms with Crippen LogP contribution in [0.2, 0.25) is 0 Å². The molecule has 1 aliphatic rings. The van der Waals surface area contributed by atoms with E-state index in [0.717, 1.165) is 20.1 Å². The number of halogens is 2. The number of allylic oxidation sites excluding steroid dienone is 1. The molecule has 0 bridgehead atoms. The molecule has 0 saturated heterocycles. The minimum absolute atomic E-state index is 0.220. The van der Waals surface area contributed by atoms with Gasteiger partial charge in [-0.05, 0) is 101 Å². The number of nitrogens with zero attached hydrogens (tertiary/aromatic N) is 2. The Hall–Kier alpha value is -2.69. The van der Waals surface area contributed by atoms with Gasteiger partial charge in [0.15, 0.2) is 4.80 Å². The third-order valence-electron chi connectivity index (χ3n) is 5.63. The lowest BCUT2D eigenvalue weighted by molar-refractivity contribution is -0.139. The Labute approximate surface area is 235 Å². The number of carbonyl (C=O) groups is 1. The molecule has 1 atom stereocenters. The van der Waals surface area contributed by atoms with Gasteiger partial charge in [0.05, 0.1) is 50.6 Å². The summed E-state index contributed by atoms with van der Waals surface area (Å²) >= 11 is 8.38. The Morgan fingerprint density at radius 2 is 1.70 bits per heavy atom. The van der Waals surface area contributed by atoms with Gasteiger partial charge in [0.2, 0.25) is 0 Å². The van der Waals surface area contributed by atoms with E-state index in [-0.39, 0.29) is 12.2 Å². The fourth-order valence-corrected chi connectivity index (χ4v) is 6.61. The van der Waals surface area contributed by atoms with Crippen molar-refractivity contribution >= 4 is 55.2 Å². The van der Waals surface area contributed by atoms with Crippen LogP contribution in [0.1, 0.15) is 44.9 Å². The number of ether oxygens (including phenoxy) is 3. The summed E-state index contributed by atoms with van der Waals surface area (Å²) in [5, 5.41) is 0. The zero-order valence-corrected chi connectivity index (χ0v) is 24.8. The van der Waals surface area contributed by atoms with Crippen LogP contribution in [0.25, 0.3) is 6.08 Å². The lowest BCUT2D eigenvalue weighted by atomic mass is 9.96. The molecule has 0 saturated carbocycles. The first-order chi connectivity index (χ1) is 17.8. The van der Waals surface area contributed by atoms with Gasteiger partial charge in [-0.25, -0.2) is 9.79 Å². The number of benzene rings is 2. The van der Waals surface area contributed by atoms with Gasteiger partial charge < -0.3 is 14.2 Å². The first-order valence-corrected chi connectivity index (χ1v) is 14.2. The first kappa shape index (κ1) is 27.3. The summed E-state index contributed by atoms with van der Waals surface area (Å²) in [6, 6.07) is 10.5. The third kappa shape index (κ3) is 5.61. The Bertz CT molecular complexity index is 1520. The molecule has 3 aromatic rings. The van der Waals surface area contributed by atoms with E-state index in [9.17, 15) is 9.59 Å². The summed E-state index contributed by atoms with van der Waals surface area (Å²) in [6.07, 6.45) is 1.81. The van der Waals surface area contributed by atoms with Crippen molar-refractivity contribution in [1.29, 1.82) is 0 Å². The molecule has 1 aliphatic heterocycles. The van der Waals surface area contributed by atoms with Gasteiger partial charge in [0, 0.05) is 0 Å². The third-order valence-corrected chi connectivity index (χ3v) is 7.79. The molecule has 7 nitrogen and oxygen atoms in total. The van der Waals surface area contributed by atoms with Gasteiger partial charge in [-0.2, -0.15) is 0 Å². The number of carbonyl (C=O) groups excluding carboxylic acids is 1. The van der Waals surface area contributed by atoms with Gasteiger partial charge in [-0.15, -0.1) is 0 Å². The fraction of sp³-hybridized carbons (Fsp3) is 0.296. The molecule has 194 valence electrons. The quantitative estimate of drug-likeness (QED) is 0.317. The molecule has 0 amide bonds. The van der Waals surface area contributed by atoms with Crippen molar-refractivity contribution in [1.82, 2.24) is 4.57 Å². The number of hydrogen-bond acceptors (Lipinski definition) is 7.